The number of hydrogen-bond donors (Lipinski definition) is 4. The van der Waals surface area contributed by atoms with Crippen LogP contribution in [0, 0.1) is 0 Å². The molecule has 2 heterocycles. The molecule has 206 valence electrons. The van der Waals surface area contributed by atoms with Gasteiger partial charge >= 0.3 is 0 Å². The van der Waals surface area contributed by atoms with Crippen LogP contribution in [0.4, 0.5) is 0 Å². The van der Waals surface area contributed by atoms with E-state index < -0.39 is 36.3 Å². The second-order valence-corrected chi connectivity index (χ2v) is 10.2. The zero-order valence-electron chi connectivity index (χ0n) is 21.5. The number of hydrogen-bond acceptors (Lipinski definition) is 9. The molecule has 0 amide bonds. The highest BCUT2D eigenvalue weighted by Crippen LogP contribution is 2.49. The normalized spacial score (nSPS) is 28.4. The first-order valence-electron chi connectivity index (χ1n) is 12.4. The summed E-state index contributed by atoms with van der Waals surface area (Å²) in [4.78, 5) is 4.81. The minimum Gasteiger partial charge on any atom is -0.457 e. The predicted octanol–water partition coefficient (Wildman–Crippen LogP) is 3.12. The van der Waals surface area contributed by atoms with Crippen molar-refractivity contribution in [3.8, 4) is 11.5 Å². The second-order valence-electron chi connectivity index (χ2n) is 9.77. The molecule has 0 radical (unpaired) electrons. The highest BCUT2D eigenvalue weighted by atomic mass is 35.5. The largest absolute Gasteiger partial charge is 0.457 e. The Morgan fingerprint density at radius 3 is 2.31 bits per heavy atom. The van der Waals surface area contributed by atoms with Crippen LogP contribution in [0.2, 0.25) is 5.02 Å². The van der Waals surface area contributed by atoms with Gasteiger partial charge in [0.15, 0.2) is 0 Å². The molecule has 2 aliphatic heterocycles. The predicted molar refractivity (Wildman–Crippen MR) is 143 cm³/mol. The summed E-state index contributed by atoms with van der Waals surface area (Å²) in [5.41, 5.74) is 2.28. The maximum atomic E-state index is 10.8. The smallest absolute Gasteiger partial charge is 0.225 e. The zero-order chi connectivity index (χ0) is 27.8. The second kappa shape index (κ2) is 10.9. The van der Waals surface area contributed by atoms with Crippen LogP contribution < -0.4 is 4.74 Å². The van der Waals surface area contributed by atoms with Crippen LogP contribution in [0.1, 0.15) is 29.2 Å². The molecule has 9 nitrogen and oxygen atoms in total. The van der Waals surface area contributed by atoms with Crippen molar-refractivity contribution in [1.29, 1.82) is 0 Å². The van der Waals surface area contributed by atoms with Crippen molar-refractivity contribution < 1.29 is 39.5 Å². The van der Waals surface area contributed by atoms with Crippen molar-refractivity contribution in [2.75, 3.05) is 20.3 Å². The Bertz CT molecular complexity index is 1350. The average Bonchev–Trinajstić information content (AvgIpc) is 3.34. The van der Waals surface area contributed by atoms with Crippen molar-refractivity contribution >= 4 is 17.3 Å². The number of rotatable bonds is 8. The average molecular weight is 556 g/mol. The first kappa shape index (κ1) is 27.5. The van der Waals surface area contributed by atoms with E-state index >= 15 is 0 Å². The number of nitrogens with zero attached hydrogens (tertiary/aromatic N) is 1. The third-order valence-corrected chi connectivity index (χ3v) is 7.60. The van der Waals surface area contributed by atoms with Gasteiger partial charge in [-0.1, -0.05) is 35.0 Å². The quantitative estimate of drug-likeness (QED) is 0.246. The van der Waals surface area contributed by atoms with E-state index in [0.717, 1.165) is 22.4 Å². The molecule has 5 atom stereocenters. The Morgan fingerprint density at radius 1 is 1.00 bits per heavy atom. The molecule has 0 spiro atoms. The van der Waals surface area contributed by atoms with Crippen molar-refractivity contribution in [3.63, 3.8) is 0 Å². The number of benzene rings is 3. The van der Waals surface area contributed by atoms with Gasteiger partial charge in [0, 0.05) is 10.6 Å². The van der Waals surface area contributed by atoms with E-state index in [1.807, 2.05) is 55.5 Å². The van der Waals surface area contributed by atoms with Gasteiger partial charge in [-0.3, -0.25) is 0 Å². The summed E-state index contributed by atoms with van der Waals surface area (Å²) in [5, 5.41) is 46.0. The van der Waals surface area contributed by atoms with Crippen LogP contribution >= 0.6 is 11.6 Å². The first-order valence-corrected chi connectivity index (χ1v) is 12.8. The van der Waals surface area contributed by atoms with Crippen molar-refractivity contribution in [1.82, 2.24) is 0 Å². The Balaban J connectivity index is 1.32. The van der Waals surface area contributed by atoms with Gasteiger partial charge in [-0.15, -0.1) is 0 Å². The Kier molecular flexibility index (Phi) is 7.67. The van der Waals surface area contributed by atoms with Gasteiger partial charge < -0.3 is 39.5 Å². The lowest BCUT2D eigenvalue weighted by molar-refractivity contribution is -0.329. The maximum absolute atomic E-state index is 10.8. The number of halogens is 1. The Hall–Kier alpha value is -3.02. The molecule has 5 rings (SSSR count). The molecule has 39 heavy (non-hydrogen) atoms. The molecule has 2 fully saturated rings. The summed E-state index contributed by atoms with van der Waals surface area (Å²) in [6.07, 6.45) is -4.20. The minimum atomic E-state index is -1.75. The van der Waals surface area contributed by atoms with Crippen LogP contribution in [0.25, 0.3) is 0 Å². The summed E-state index contributed by atoms with van der Waals surface area (Å²) < 4.78 is 17.7. The molecule has 0 saturated carbocycles. The highest BCUT2D eigenvalue weighted by molar-refractivity contribution is 6.31. The fourth-order valence-corrected chi connectivity index (χ4v) is 5.17. The van der Waals surface area contributed by atoms with Gasteiger partial charge in [-0.05, 0) is 78.6 Å². The number of aliphatic hydroxyl groups excluding tert-OH is 4. The number of fused-ring (bicyclic) bond motifs is 2. The van der Waals surface area contributed by atoms with E-state index in [0.29, 0.717) is 28.5 Å². The van der Waals surface area contributed by atoms with Crippen LogP contribution in [0.3, 0.4) is 0 Å². The summed E-state index contributed by atoms with van der Waals surface area (Å²) in [6.45, 7) is 1.09. The van der Waals surface area contributed by atoms with Gasteiger partial charge in [0.2, 0.25) is 5.79 Å². The minimum absolute atomic E-state index is 0.193. The summed E-state index contributed by atoms with van der Waals surface area (Å²) in [5.74, 6) is -0.402. The lowest BCUT2D eigenvalue weighted by Gasteiger charge is -2.46. The third kappa shape index (κ3) is 5.03. The molecule has 2 saturated heterocycles. The van der Waals surface area contributed by atoms with Crippen molar-refractivity contribution in [2.24, 2.45) is 5.16 Å². The Labute approximate surface area is 230 Å². The molecule has 10 heteroatoms. The molecule has 0 unspecified atom stereocenters. The van der Waals surface area contributed by atoms with E-state index in [-0.39, 0.29) is 6.61 Å². The lowest BCUT2D eigenvalue weighted by atomic mass is 9.83. The fourth-order valence-electron chi connectivity index (χ4n) is 4.99. The molecule has 2 bridgehead atoms. The van der Waals surface area contributed by atoms with Crippen LogP contribution in [-0.4, -0.2) is 70.4 Å². The molecular formula is C29H30ClNO8. The van der Waals surface area contributed by atoms with Gasteiger partial charge in [-0.2, -0.15) is 0 Å². The zero-order valence-corrected chi connectivity index (χ0v) is 22.2. The van der Waals surface area contributed by atoms with E-state index in [1.165, 1.54) is 7.11 Å². The SMILES string of the molecule is CON=C(C)c1ccc(Oc2ccc(Cc3cc([C@]45OC[C@](CO)(O4)[C@@H](O)[C@H](O)[C@H]5O)ccc3Cl)cc2)cc1. The molecule has 2 aliphatic rings. The summed E-state index contributed by atoms with van der Waals surface area (Å²) in [6, 6.07) is 20.1. The molecule has 4 N–H and O–H groups in total. The maximum Gasteiger partial charge on any atom is 0.225 e. The first-order chi connectivity index (χ1) is 18.7. The third-order valence-electron chi connectivity index (χ3n) is 7.23. The topological polar surface area (TPSA) is 130 Å². The fraction of sp³-hybridized carbons (Fsp3) is 0.345. The van der Waals surface area contributed by atoms with E-state index in [9.17, 15) is 20.4 Å². The van der Waals surface area contributed by atoms with E-state index in [1.54, 1.807) is 18.2 Å². The molecule has 0 aliphatic carbocycles. The summed E-state index contributed by atoms with van der Waals surface area (Å²) >= 11 is 6.51. The number of aliphatic hydroxyl groups is 4. The van der Waals surface area contributed by atoms with Gasteiger partial charge in [-0.25, -0.2) is 0 Å². The summed E-state index contributed by atoms with van der Waals surface area (Å²) in [7, 11) is 1.51. The standard InChI is InChI=1S/C29H30ClNO8/c1-17(31-36-2)19-5-10-23(11-6-19)38-22-8-3-18(4-9-22)13-20-14-21(7-12-24(20)30)29-27(35)25(33)26(34)28(15-32,39-29)16-37-29/h3-12,14,25-27,32-35H,13,15-16H2,1-2H3/t25-,26-,27+,28-,29-/m0/s1. The van der Waals surface area contributed by atoms with Crippen molar-refractivity contribution in [2.45, 2.75) is 43.0 Å². The van der Waals surface area contributed by atoms with Crippen LogP contribution in [-0.2, 0) is 26.5 Å². The lowest BCUT2D eigenvalue weighted by Crippen LogP contribution is -2.65. The Morgan fingerprint density at radius 2 is 1.67 bits per heavy atom. The monoisotopic (exact) mass is 555 g/mol. The molecule has 3 aromatic rings. The van der Waals surface area contributed by atoms with Gasteiger partial charge in [0.1, 0.15) is 42.5 Å². The number of ether oxygens (including phenoxy) is 3. The van der Waals surface area contributed by atoms with Crippen LogP contribution in [0.5, 0.6) is 11.5 Å². The van der Waals surface area contributed by atoms with Gasteiger partial charge in [0.25, 0.3) is 0 Å². The molecular weight excluding hydrogens is 526 g/mol. The van der Waals surface area contributed by atoms with Crippen LogP contribution in [0.15, 0.2) is 71.9 Å². The van der Waals surface area contributed by atoms with E-state index in [4.69, 9.17) is 30.6 Å². The highest BCUT2D eigenvalue weighted by Gasteiger charge is 2.67. The molecule has 3 aromatic carbocycles. The van der Waals surface area contributed by atoms with Crippen molar-refractivity contribution in [3.05, 3.63) is 94.0 Å². The molecule has 0 aromatic heterocycles. The van der Waals surface area contributed by atoms with Gasteiger partial charge in [0.05, 0.1) is 18.9 Å². The van der Waals surface area contributed by atoms with E-state index in [2.05, 4.69) is 5.16 Å². The number of oxime groups is 1.